The van der Waals surface area contributed by atoms with Crippen molar-refractivity contribution >= 4 is 34.2 Å². The molecule has 5 nitrogen and oxygen atoms in total. The lowest BCUT2D eigenvalue weighted by atomic mass is 10.1. The molecular weight excluding hydrogens is 330 g/mol. The number of aromatic hydroxyl groups is 1. The fraction of sp³-hybridized carbons (Fsp3) is 0. The van der Waals surface area contributed by atoms with Gasteiger partial charge in [0, 0.05) is 10.6 Å². The molecule has 0 radical (unpaired) electrons. The average Bonchev–Trinajstić information content (AvgIpc) is 2.55. The first-order valence-electron chi connectivity index (χ1n) is 6.89. The van der Waals surface area contributed by atoms with Crippen molar-refractivity contribution in [3.63, 3.8) is 0 Å². The maximum absolute atomic E-state index is 10.7. The lowest BCUT2D eigenvalue weighted by molar-refractivity contribution is 0.0693. The van der Waals surface area contributed by atoms with Gasteiger partial charge in [-0.25, -0.2) is 4.79 Å². The van der Waals surface area contributed by atoms with Gasteiger partial charge in [-0.2, -0.15) is 0 Å². The van der Waals surface area contributed by atoms with Crippen LogP contribution in [-0.2, 0) is 0 Å². The number of rotatable bonds is 2. The number of benzene rings is 3. The number of carboxylic acids is 1. The van der Waals surface area contributed by atoms with Crippen LogP contribution in [0.15, 0.2) is 60.7 Å². The highest BCUT2D eigenvalue weighted by atomic mass is 35.5. The predicted molar refractivity (Wildman–Crippen MR) is 92.5 cm³/mol. The van der Waals surface area contributed by atoms with Crippen LogP contribution in [0.5, 0.6) is 5.75 Å². The maximum Gasteiger partial charge on any atom is 0.339 e. The number of amides is 1. The molecule has 0 aromatic heterocycles. The summed E-state index contributed by atoms with van der Waals surface area (Å²) in [4.78, 5) is 21.2. The van der Waals surface area contributed by atoms with Crippen molar-refractivity contribution in [2.75, 3.05) is 0 Å². The van der Waals surface area contributed by atoms with Gasteiger partial charge < -0.3 is 15.9 Å². The van der Waals surface area contributed by atoms with Crippen LogP contribution in [0.2, 0.25) is 5.02 Å². The van der Waals surface area contributed by atoms with Crippen LogP contribution in [0, 0.1) is 0 Å². The van der Waals surface area contributed by atoms with Crippen LogP contribution in [0.3, 0.4) is 0 Å². The summed E-state index contributed by atoms with van der Waals surface area (Å²) in [5.41, 5.74) is 5.39. The molecule has 0 aliphatic heterocycles. The third-order valence-corrected chi connectivity index (χ3v) is 3.48. The van der Waals surface area contributed by atoms with Crippen LogP contribution in [0.4, 0.5) is 0 Å². The third kappa shape index (κ3) is 4.24. The van der Waals surface area contributed by atoms with E-state index in [9.17, 15) is 14.7 Å². The quantitative estimate of drug-likeness (QED) is 0.660. The SMILES string of the molecule is NC(=O)c1ccc(Cl)cc1.O=C(O)c1cc2ccccc2cc1O. The second-order valence-electron chi connectivity index (χ2n) is 4.89. The zero-order valence-corrected chi connectivity index (χ0v) is 13.2. The van der Waals surface area contributed by atoms with Crippen molar-refractivity contribution in [2.24, 2.45) is 5.73 Å². The Morgan fingerprint density at radius 1 is 0.917 bits per heavy atom. The van der Waals surface area contributed by atoms with Gasteiger partial charge in [-0.3, -0.25) is 4.79 Å². The summed E-state index contributed by atoms with van der Waals surface area (Å²) >= 11 is 5.56. The Morgan fingerprint density at radius 2 is 1.46 bits per heavy atom. The summed E-state index contributed by atoms with van der Waals surface area (Å²) in [7, 11) is 0. The summed E-state index contributed by atoms with van der Waals surface area (Å²) in [6.45, 7) is 0. The van der Waals surface area contributed by atoms with Gasteiger partial charge in [-0.05, 0) is 47.2 Å². The van der Waals surface area contributed by atoms with Crippen molar-refractivity contribution < 1.29 is 19.8 Å². The molecule has 0 fully saturated rings. The molecule has 0 aliphatic rings. The minimum Gasteiger partial charge on any atom is -0.507 e. The van der Waals surface area contributed by atoms with Crippen LogP contribution < -0.4 is 5.73 Å². The van der Waals surface area contributed by atoms with Gasteiger partial charge in [-0.1, -0.05) is 35.9 Å². The fourth-order valence-corrected chi connectivity index (χ4v) is 2.14. The molecule has 0 heterocycles. The minimum atomic E-state index is -1.12. The lowest BCUT2D eigenvalue weighted by Crippen LogP contribution is -2.10. The standard InChI is InChI=1S/C11H8O3.C7H6ClNO/c12-10-6-8-4-2-1-3-7(8)5-9(10)11(13)14;8-6-3-1-5(2-4-6)7(9)10/h1-6,12H,(H,13,14);1-4H,(H2,9,10). The Bertz CT molecular complexity index is 891. The molecule has 0 spiro atoms. The van der Waals surface area contributed by atoms with Crippen molar-refractivity contribution in [3.05, 3.63) is 76.8 Å². The van der Waals surface area contributed by atoms with E-state index in [2.05, 4.69) is 0 Å². The summed E-state index contributed by atoms with van der Waals surface area (Å²) in [5.74, 6) is -1.75. The highest BCUT2D eigenvalue weighted by Crippen LogP contribution is 2.24. The smallest absolute Gasteiger partial charge is 0.339 e. The first kappa shape index (κ1) is 17.3. The lowest BCUT2D eigenvalue weighted by Gasteiger charge is -2.02. The molecule has 0 atom stereocenters. The number of phenols is 1. The Morgan fingerprint density at radius 3 is 1.96 bits per heavy atom. The topological polar surface area (TPSA) is 101 Å². The summed E-state index contributed by atoms with van der Waals surface area (Å²) in [6.07, 6.45) is 0. The Hall–Kier alpha value is -3.05. The van der Waals surface area contributed by atoms with Gasteiger partial charge in [0.15, 0.2) is 0 Å². The van der Waals surface area contributed by atoms with Crippen LogP contribution in [0.25, 0.3) is 10.8 Å². The number of carboxylic acid groups (broad SMARTS) is 1. The van der Waals surface area contributed by atoms with Crippen molar-refractivity contribution in [1.82, 2.24) is 0 Å². The van der Waals surface area contributed by atoms with E-state index in [0.717, 1.165) is 10.8 Å². The second-order valence-corrected chi connectivity index (χ2v) is 5.33. The molecule has 0 saturated heterocycles. The minimum absolute atomic E-state index is 0.0660. The largest absolute Gasteiger partial charge is 0.507 e. The third-order valence-electron chi connectivity index (χ3n) is 3.22. The Labute approximate surface area is 142 Å². The van der Waals surface area contributed by atoms with E-state index in [0.29, 0.717) is 10.6 Å². The van der Waals surface area contributed by atoms with Crippen molar-refractivity contribution in [2.45, 2.75) is 0 Å². The molecule has 3 aromatic rings. The normalized spacial score (nSPS) is 9.88. The molecule has 0 unspecified atom stereocenters. The maximum atomic E-state index is 10.7. The van der Waals surface area contributed by atoms with Gasteiger partial charge in [0.2, 0.25) is 5.91 Å². The summed E-state index contributed by atoms with van der Waals surface area (Å²) < 4.78 is 0. The second kappa shape index (κ2) is 7.48. The number of halogens is 1. The number of nitrogens with two attached hydrogens (primary N) is 1. The van der Waals surface area contributed by atoms with E-state index in [-0.39, 0.29) is 11.3 Å². The number of hydrogen-bond acceptors (Lipinski definition) is 3. The van der Waals surface area contributed by atoms with E-state index in [1.54, 1.807) is 30.3 Å². The van der Waals surface area contributed by atoms with Gasteiger partial charge in [0.25, 0.3) is 0 Å². The molecule has 24 heavy (non-hydrogen) atoms. The number of hydrogen-bond donors (Lipinski definition) is 3. The number of primary amides is 1. The molecule has 3 aromatic carbocycles. The van der Waals surface area contributed by atoms with E-state index in [4.69, 9.17) is 22.4 Å². The molecule has 0 bridgehead atoms. The van der Waals surface area contributed by atoms with Crippen LogP contribution in [-0.4, -0.2) is 22.1 Å². The van der Waals surface area contributed by atoms with Gasteiger partial charge in [-0.15, -0.1) is 0 Å². The van der Waals surface area contributed by atoms with Crippen LogP contribution in [0.1, 0.15) is 20.7 Å². The highest BCUT2D eigenvalue weighted by molar-refractivity contribution is 6.30. The molecule has 122 valence electrons. The summed E-state index contributed by atoms with van der Waals surface area (Å²) in [5, 5.41) is 20.4. The molecule has 3 rings (SSSR count). The molecular formula is C18H14ClNO4. The van der Waals surface area contributed by atoms with Gasteiger partial charge in [0.05, 0.1) is 0 Å². The monoisotopic (exact) mass is 343 g/mol. The van der Waals surface area contributed by atoms with Crippen molar-refractivity contribution in [3.8, 4) is 5.75 Å². The predicted octanol–water partition coefficient (Wildman–Crippen LogP) is 3.68. The van der Waals surface area contributed by atoms with Gasteiger partial charge in [0.1, 0.15) is 11.3 Å². The Balaban J connectivity index is 0.000000185. The molecule has 6 heteroatoms. The molecule has 0 aliphatic carbocycles. The van der Waals surface area contributed by atoms with Gasteiger partial charge >= 0.3 is 5.97 Å². The molecule has 1 amide bonds. The number of carbonyl (C=O) groups excluding carboxylic acids is 1. The van der Waals surface area contributed by atoms with E-state index in [1.165, 1.54) is 12.1 Å². The Kier molecular flexibility index (Phi) is 5.39. The fourth-order valence-electron chi connectivity index (χ4n) is 2.01. The highest BCUT2D eigenvalue weighted by Gasteiger charge is 2.09. The van der Waals surface area contributed by atoms with E-state index >= 15 is 0 Å². The first-order chi connectivity index (χ1) is 11.4. The van der Waals surface area contributed by atoms with E-state index < -0.39 is 11.9 Å². The zero-order chi connectivity index (χ0) is 17.7. The number of fused-ring (bicyclic) bond motifs is 1. The zero-order valence-electron chi connectivity index (χ0n) is 12.4. The van der Waals surface area contributed by atoms with Crippen LogP contribution >= 0.6 is 11.6 Å². The number of carbonyl (C=O) groups is 2. The molecule has 4 N–H and O–H groups in total. The first-order valence-corrected chi connectivity index (χ1v) is 7.26. The summed E-state index contributed by atoms with van der Waals surface area (Å²) in [6, 6.07) is 16.6. The van der Waals surface area contributed by atoms with E-state index in [1.807, 2.05) is 18.2 Å². The van der Waals surface area contributed by atoms with Crippen molar-refractivity contribution in [1.29, 1.82) is 0 Å². The number of aromatic carboxylic acids is 1. The average molecular weight is 344 g/mol. The molecule has 0 saturated carbocycles.